The van der Waals surface area contributed by atoms with E-state index < -0.39 is 18.0 Å². The zero-order valence-corrected chi connectivity index (χ0v) is 17.5. The van der Waals surface area contributed by atoms with Crippen molar-refractivity contribution in [3.8, 4) is 0 Å². The minimum absolute atomic E-state index is 0.0263. The Labute approximate surface area is 167 Å². The lowest BCUT2D eigenvalue weighted by Crippen LogP contribution is -2.53. The van der Waals surface area contributed by atoms with Crippen LogP contribution in [-0.4, -0.2) is 33.1 Å². The Kier molecular flexibility index (Phi) is 13.8. The second-order valence-corrected chi connectivity index (χ2v) is 7.16. The molecule has 0 heterocycles. The number of hydrogen-bond acceptors (Lipinski definition) is 5. The molecule has 0 aromatic rings. The first-order valence-electron chi connectivity index (χ1n) is 9.21. The van der Waals surface area contributed by atoms with Gasteiger partial charge in [-0.15, -0.1) is 0 Å². The van der Waals surface area contributed by atoms with E-state index in [-0.39, 0.29) is 10.1 Å². The molecule has 0 spiro atoms. The standard InChI is InChI=1S/C17H33N5O2S2/c1-3-4-5-6-7-8-9-10-11-12-14(15(25)21-17(20)26)22(16(18)19)24-13(2)23/h14H,3-12H2,1-2H3,(H3,18,19)(H3,20,21,25,26). The molecule has 1 unspecified atom stereocenters. The summed E-state index contributed by atoms with van der Waals surface area (Å²) in [6, 6.07) is -0.572. The van der Waals surface area contributed by atoms with Crippen molar-refractivity contribution in [1.29, 1.82) is 5.41 Å². The fourth-order valence-corrected chi connectivity index (χ4v) is 3.13. The summed E-state index contributed by atoms with van der Waals surface area (Å²) in [5, 5.41) is 11.4. The van der Waals surface area contributed by atoms with Crippen molar-refractivity contribution in [2.75, 3.05) is 0 Å². The van der Waals surface area contributed by atoms with Gasteiger partial charge in [-0.05, 0) is 18.6 Å². The predicted octanol–water partition coefficient (Wildman–Crippen LogP) is 3.11. The number of carbonyl (C=O) groups excluding carboxylic acids is 1. The van der Waals surface area contributed by atoms with Crippen LogP contribution in [0.15, 0.2) is 0 Å². The van der Waals surface area contributed by atoms with E-state index in [9.17, 15) is 4.79 Å². The molecule has 150 valence electrons. The normalized spacial score (nSPS) is 11.5. The first-order chi connectivity index (χ1) is 12.3. The van der Waals surface area contributed by atoms with E-state index in [0.29, 0.717) is 6.42 Å². The number of nitrogens with two attached hydrogens (primary N) is 2. The molecule has 0 aliphatic carbocycles. The summed E-state index contributed by atoms with van der Waals surface area (Å²) in [5.74, 6) is -0.969. The molecule has 0 saturated carbocycles. The summed E-state index contributed by atoms with van der Waals surface area (Å²) in [4.78, 5) is 16.6. The molecule has 0 fully saturated rings. The molecule has 0 amide bonds. The third kappa shape index (κ3) is 12.0. The summed E-state index contributed by atoms with van der Waals surface area (Å²) < 4.78 is 0. The summed E-state index contributed by atoms with van der Waals surface area (Å²) in [6.07, 6.45) is 11.3. The Morgan fingerprint density at radius 2 is 1.58 bits per heavy atom. The zero-order chi connectivity index (χ0) is 19.9. The van der Waals surface area contributed by atoms with Crippen molar-refractivity contribution in [2.45, 2.75) is 84.1 Å². The van der Waals surface area contributed by atoms with Crippen LogP contribution in [0, 0.1) is 5.41 Å². The highest BCUT2D eigenvalue weighted by Crippen LogP contribution is 2.15. The molecule has 0 rings (SSSR count). The van der Waals surface area contributed by atoms with Gasteiger partial charge in [-0.25, -0.2) is 0 Å². The Balaban J connectivity index is 4.48. The van der Waals surface area contributed by atoms with E-state index in [1.807, 2.05) is 0 Å². The second kappa shape index (κ2) is 14.7. The highest BCUT2D eigenvalue weighted by atomic mass is 32.1. The van der Waals surface area contributed by atoms with Crippen molar-refractivity contribution in [3.05, 3.63) is 0 Å². The molecule has 0 aromatic heterocycles. The van der Waals surface area contributed by atoms with Crippen molar-refractivity contribution in [2.24, 2.45) is 11.5 Å². The molecular weight excluding hydrogens is 370 g/mol. The number of nitrogens with one attached hydrogen (secondary N) is 2. The van der Waals surface area contributed by atoms with E-state index in [4.69, 9.17) is 46.1 Å². The average molecular weight is 404 g/mol. The number of thiocarbonyl (C=S) groups is 2. The van der Waals surface area contributed by atoms with Crippen LogP contribution in [0.1, 0.15) is 78.1 Å². The molecule has 0 aromatic carbocycles. The van der Waals surface area contributed by atoms with E-state index in [1.165, 1.54) is 45.4 Å². The van der Waals surface area contributed by atoms with Gasteiger partial charge in [-0.3, -0.25) is 10.2 Å². The van der Waals surface area contributed by atoms with Crippen molar-refractivity contribution in [3.63, 3.8) is 0 Å². The summed E-state index contributed by atoms with van der Waals surface area (Å²) in [6.45, 7) is 3.46. The van der Waals surface area contributed by atoms with Crippen LogP contribution >= 0.6 is 24.4 Å². The molecular formula is C17H33N5O2S2. The Hall–Kier alpha value is -1.48. The van der Waals surface area contributed by atoms with E-state index in [0.717, 1.165) is 24.3 Å². The maximum atomic E-state index is 11.3. The summed E-state index contributed by atoms with van der Waals surface area (Å²) in [7, 11) is 0. The molecule has 0 aliphatic heterocycles. The predicted molar refractivity (Wildman–Crippen MR) is 114 cm³/mol. The monoisotopic (exact) mass is 403 g/mol. The van der Waals surface area contributed by atoms with Crippen molar-refractivity contribution < 1.29 is 9.63 Å². The first kappa shape index (κ1) is 24.5. The number of unbranched alkanes of at least 4 members (excludes halogenated alkanes) is 8. The van der Waals surface area contributed by atoms with E-state index in [1.54, 1.807) is 0 Å². The van der Waals surface area contributed by atoms with Gasteiger partial charge in [0.1, 0.15) is 11.0 Å². The van der Waals surface area contributed by atoms with E-state index >= 15 is 0 Å². The number of hydroxylamine groups is 2. The van der Waals surface area contributed by atoms with Crippen LogP contribution in [0.2, 0.25) is 0 Å². The largest absolute Gasteiger partial charge is 0.376 e. The maximum Gasteiger partial charge on any atom is 0.329 e. The Morgan fingerprint density at radius 1 is 1.08 bits per heavy atom. The molecule has 0 bridgehead atoms. The van der Waals surface area contributed by atoms with Gasteiger partial charge >= 0.3 is 5.97 Å². The zero-order valence-electron chi connectivity index (χ0n) is 15.9. The van der Waals surface area contributed by atoms with Crippen LogP contribution in [0.4, 0.5) is 0 Å². The lowest BCUT2D eigenvalue weighted by atomic mass is 10.0. The maximum absolute atomic E-state index is 11.3. The van der Waals surface area contributed by atoms with Crippen molar-refractivity contribution >= 4 is 46.5 Å². The fraction of sp³-hybridized carbons (Fsp3) is 0.765. The minimum atomic E-state index is -0.574. The van der Waals surface area contributed by atoms with Gasteiger partial charge < -0.3 is 21.6 Å². The van der Waals surface area contributed by atoms with Gasteiger partial charge in [0.25, 0.3) is 0 Å². The summed E-state index contributed by atoms with van der Waals surface area (Å²) in [5.41, 5.74) is 11.0. The number of rotatable bonds is 12. The third-order valence-corrected chi connectivity index (χ3v) is 4.35. The lowest BCUT2D eigenvalue weighted by Gasteiger charge is -2.30. The second-order valence-electron chi connectivity index (χ2n) is 6.28. The molecule has 1 atom stereocenters. The molecule has 26 heavy (non-hydrogen) atoms. The highest BCUT2D eigenvalue weighted by Gasteiger charge is 2.27. The topological polar surface area (TPSA) is 117 Å². The molecule has 9 heteroatoms. The molecule has 7 nitrogen and oxygen atoms in total. The molecule has 0 radical (unpaired) electrons. The van der Waals surface area contributed by atoms with Gasteiger partial charge in [0.15, 0.2) is 5.11 Å². The highest BCUT2D eigenvalue weighted by molar-refractivity contribution is 7.81. The number of nitrogens with zero attached hydrogens (tertiary/aromatic N) is 1. The lowest BCUT2D eigenvalue weighted by molar-refractivity contribution is -0.174. The van der Waals surface area contributed by atoms with E-state index in [2.05, 4.69) is 12.2 Å². The minimum Gasteiger partial charge on any atom is -0.376 e. The van der Waals surface area contributed by atoms with Gasteiger partial charge in [-0.1, -0.05) is 76.9 Å². The number of hydrogen-bond donors (Lipinski definition) is 4. The molecule has 6 N–H and O–H groups in total. The van der Waals surface area contributed by atoms with Crippen LogP contribution in [0.3, 0.4) is 0 Å². The first-order valence-corrected chi connectivity index (χ1v) is 10.0. The van der Waals surface area contributed by atoms with Crippen LogP contribution in [0.5, 0.6) is 0 Å². The molecule has 0 aliphatic rings. The average Bonchev–Trinajstić information content (AvgIpc) is 2.54. The number of carbonyl (C=O) groups is 1. The summed E-state index contributed by atoms with van der Waals surface area (Å²) >= 11 is 10.1. The quantitative estimate of drug-likeness (QED) is 0.129. The van der Waals surface area contributed by atoms with Crippen LogP contribution in [0.25, 0.3) is 0 Å². The Bertz CT molecular complexity index is 474. The van der Waals surface area contributed by atoms with Gasteiger partial charge in [-0.2, -0.15) is 5.06 Å². The van der Waals surface area contributed by atoms with Gasteiger partial charge in [0.05, 0.1) is 0 Å². The van der Waals surface area contributed by atoms with Crippen LogP contribution < -0.4 is 16.8 Å². The fourth-order valence-electron chi connectivity index (χ4n) is 2.63. The van der Waals surface area contributed by atoms with Crippen LogP contribution in [-0.2, 0) is 9.63 Å². The smallest absolute Gasteiger partial charge is 0.329 e. The third-order valence-electron chi connectivity index (χ3n) is 3.88. The number of guanidine groups is 1. The van der Waals surface area contributed by atoms with Crippen molar-refractivity contribution in [1.82, 2.24) is 10.4 Å². The SMILES string of the molecule is CCCCCCCCCCCC(C(=S)NC(N)=S)N(OC(C)=O)C(=N)N. The van der Waals surface area contributed by atoms with Gasteiger partial charge in [0.2, 0.25) is 5.96 Å². The van der Waals surface area contributed by atoms with Gasteiger partial charge in [0, 0.05) is 6.92 Å². The Morgan fingerprint density at radius 3 is 2.00 bits per heavy atom. The molecule has 0 saturated heterocycles.